The van der Waals surface area contributed by atoms with Crippen LogP contribution in [0.2, 0.25) is 0 Å². The van der Waals surface area contributed by atoms with Gasteiger partial charge in [-0.15, -0.1) is 6.04 Å². The van der Waals surface area contributed by atoms with Crippen molar-refractivity contribution >= 4 is 0 Å². The second kappa shape index (κ2) is 5.45. The topological polar surface area (TPSA) is 12.0 Å². The van der Waals surface area contributed by atoms with Crippen molar-refractivity contribution in [3.05, 3.63) is 26.0 Å². The molecule has 1 aliphatic rings. The molecule has 0 spiro atoms. The third kappa shape index (κ3) is 2.81. The van der Waals surface area contributed by atoms with Gasteiger partial charge in [0, 0.05) is 39.3 Å². The first-order valence-electron chi connectivity index (χ1n) is 3.37. The molecule has 1 radical (unpaired) electrons. The minimum absolute atomic E-state index is 0. The van der Waals surface area contributed by atoms with Gasteiger partial charge in [-0.2, -0.15) is 6.42 Å². The van der Waals surface area contributed by atoms with Gasteiger partial charge in [-0.3, -0.25) is 0 Å². The largest absolute Gasteiger partial charge is 0.343 e. The van der Waals surface area contributed by atoms with Gasteiger partial charge < -0.3 is 19.2 Å². The first-order valence-corrected chi connectivity index (χ1v) is 3.37. The van der Waals surface area contributed by atoms with Crippen molar-refractivity contribution < 1.29 is 32.7 Å². The van der Waals surface area contributed by atoms with Crippen molar-refractivity contribution in [2.24, 2.45) is 5.92 Å². The third-order valence-electron chi connectivity index (χ3n) is 1.73. The van der Waals surface area contributed by atoms with Crippen molar-refractivity contribution in [1.29, 1.82) is 0 Å². The van der Waals surface area contributed by atoms with Gasteiger partial charge in [-0.25, -0.2) is 0 Å². The molecule has 2 unspecified atom stereocenters. The van der Waals surface area contributed by atoms with Crippen LogP contribution in [-0.4, -0.2) is 12.6 Å². The van der Waals surface area contributed by atoms with E-state index in [0.29, 0.717) is 12.0 Å². The van der Waals surface area contributed by atoms with Crippen molar-refractivity contribution in [2.75, 3.05) is 6.54 Å². The molecule has 0 aliphatic carbocycles. The summed E-state index contributed by atoms with van der Waals surface area (Å²) in [5.41, 5.74) is 0. The van der Waals surface area contributed by atoms with Crippen LogP contribution in [0.15, 0.2) is 12.2 Å². The zero-order valence-electron chi connectivity index (χ0n) is 6.22. The third-order valence-corrected chi connectivity index (χ3v) is 1.73. The Morgan fingerprint density at radius 2 is 2.30 bits per heavy atom. The fourth-order valence-electron chi connectivity index (χ4n) is 1.05. The van der Waals surface area contributed by atoms with Gasteiger partial charge in [0.25, 0.3) is 0 Å². The summed E-state index contributed by atoms with van der Waals surface area (Å²) in [4.78, 5) is 0. The molecule has 0 amide bonds. The number of hydrogen-bond donors (Lipinski definition) is 1. The van der Waals surface area contributed by atoms with Gasteiger partial charge in [-0.1, -0.05) is 18.1 Å². The van der Waals surface area contributed by atoms with E-state index in [2.05, 4.69) is 31.3 Å². The molecule has 55 valence electrons. The predicted octanol–water partition coefficient (Wildman–Crippen LogP) is 1.19. The van der Waals surface area contributed by atoms with Gasteiger partial charge in [0.1, 0.15) is 0 Å². The number of hydrogen-bond acceptors (Lipinski definition) is 1. The van der Waals surface area contributed by atoms with Crippen molar-refractivity contribution in [3.8, 4) is 0 Å². The maximum atomic E-state index is 3.95. The summed E-state index contributed by atoms with van der Waals surface area (Å²) in [5, 5.41) is 3.25. The molecule has 0 saturated carbocycles. The Hall–Kier alpha value is 0.804. The van der Waals surface area contributed by atoms with E-state index < -0.39 is 0 Å². The van der Waals surface area contributed by atoms with Crippen LogP contribution in [0.3, 0.4) is 0 Å². The Morgan fingerprint density at radius 1 is 1.60 bits per heavy atom. The summed E-state index contributed by atoms with van der Waals surface area (Å²) in [6, 6.07) is 0.368. The SMILES string of the molecule is [CH2-]CC1C=CCNC1[CH2-].[Y]. The first kappa shape index (κ1) is 10.8. The van der Waals surface area contributed by atoms with E-state index in [9.17, 15) is 0 Å². The number of nitrogens with one attached hydrogen (secondary N) is 1. The van der Waals surface area contributed by atoms with Crippen LogP contribution in [0, 0.1) is 19.8 Å². The molecular formula is C8H13NY-2. The zero-order valence-corrected chi connectivity index (χ0v) is 9.05. The predicted molar refractivity (Wildman–Crippen MR) is 39.8 cm³/mol. The summed E-state index contributed by atoms with van der Waals surface area (Å²) >= 11 is 0. The standard InChI is InChI=1S/C8H13N.Y/c1-3-8-5-4-6-9-7(8)2;/h4-5,7-9H,1-3,6H2;/q-2;. The number of rotatable bonds is 1. The van der Waals surface area contributed by atoms with Gasteiger partial charge in [0.05, 0.1) is 0 Å². The van der Waals surface area contributed by atoms with Crippen LogP contribution in [0.5, 0.6) is 0 Å². The van der Waals surface area contributed by atoms with Gasteiger partial charge in [0.15, 0.2) is 0 Å². The maximum Gasteiger partial charge on any atom is 0.0110 e. The van der Waals surface area contributed by atoms with E-state index in [4.69, 9.17) is 0 Å². The Labute approximate surface area is 88.5 Å². The first-order chi connectivity index (χ1) is 4.34. The summed E-state index contributed by atoms with van der Waals surface area (Å²) in [7, 11) is 0. The summed E-state index contributed by atoms with van der Waals surface area (Å²) in [6.45, 7) is 8.74. The molecule has 1 N–H and O–H groups in total. The summed E-state index contributed by atoms with van der Waals surface area (Å²) in [6.07, 6.45) is 5.27. The van der Waals surface area contributed by atoms with Crippen molar-refractivity contribution in [3.63, 3.8) is 0 Å². The van der Waals surface area contributed by atoms with Crippen LogP contribution in [-0.2, 0) is 32.7 Å². The minimum Gasteiger partial charge on any atom is -0.343 e. The van der Waals surface area contributed by atoms with Gasteiger partial charge >= 0.3 is 0 Å². The normalized spacial score (nSPS) is 31.4. The quantitative estimate of drug-likeness (QED) is 0.508. The van der Waals surface area contributed by atoms with E-state index in [1.54, 1.807) is 0 Å². The molecule has 0 aromatic heterocycles. The average molecular weight is 212 g/mol. The Kier molecular flexibility index (Phi) is 5.89. The molecule has 0 fully saturated rings. The van der Waals surface area contributed by atoms with Crippen LogP contribution in [0.4, 0.5) is 0 Å². The van der Waals surface area contributed by atoms with E-state index in [0.717, 1.165) is 13.0 Å². The molecule has 0 saturated heterocycles. The monoisotopic (exact) mass is 212 g/mol. The van der Waals surface area contributed by atoms with Crippen LogP contribution in [0.1, 0.15) is 6.42 Å². The molecule has 0 aromatic rings. The molecule has 0 aromatic carbocycles. The fraction of sp³-hybridized carbons (Fsp3) is 0.500. The summed E-state index contributed by atoms with van der Waals surface area (Å²) < 4.78 is 0. The molecule has 1 heterocycles. The molecule has 0 bridgehead atoms. The van der Waals surface area contributed by atoms with Crippen LogP contribution in [0.25, 0.3) is 0 Å². The Balaban J connectivity index is 0.000000810. The maximum absolute atomic E-state index is 3.95. The fourth-order valence-corrected chi connectivity index (χ4v) is 1.05. The summed E-state index contributed by atoms with van der Waals surface area (Å²) in [5.74, 6) is 0.541. The van der Waals surface area contributed by atoms with E-state index >= 15 is 0 Å². The van der Waals surface area contributed by atoms with Crippen LogP contribution < -0.4 is 5.32 Å². The van der Waals surface area contributed by atoms with Crippen molar-refractivity contribution in [2.45, 2.75) is 12.5 Å². The second-order valence-electron chi connectivity index (χ2n) is 2.40. The average Bonchev–Trinajstić information content (AvgIpc) is 1.89. The Morgan fingerprint density at radius 3 is 2.70 bits per heavy atom. The van der Waals surface area contributed by atoms with E-state index in [-0.39, 0.29) is 32.7 Å². The van der Waals surface area contributed by atoms with Crippen LogP contribution >= 0.6 is 0 Å². The molecule has 1 nitrogen and oxygen atoms in total. The van der Waals surface area contributed by atoms with Gasteiger partial charge in [-0.05, 0) is 0 Å². The van der Waals surface area contributed by atoms with E-state index in [1.165, 1.54) is 0 Å². The smallest absolute Gasteiger partial charge is 0.0110 e. The second-order valence-corrected chi connectivity index (χ2v) is 2.40. The molecular weight excluding hydrogens is 199 g/mol. The molecule has 1 rings (SSSR count). The molecule has 10 heavy (non-hydrogen) atoms. The zero-order chi connectivity index (χ0) is 6.69. The Bertz CT molecular complexity index is 112. The molecule has 2 atom stereocenters. The van der Waals surface area contributed by atoms with Gasteiger partial charge in [0.2, 0.25) is 0 Å². The van der Waals surface area contributed by atoms with E-state index in [1.807, 2.05) is 0 Å². The van der Waals surface area contributed by atoms with Crippen molar-refractivity contribution in [1.82, 2.24) is 5.32 Å². The molecule has 1 aliphatic heterocycles. The molecule has 2 heteroatoms. The minimum atomic E-state index is 0.